The molecule has 2 aliphatic heterocycles. The number of likely N-dealkylation sites (tertiary alicyclic amines) is 1. The van der Waals surface area contributed by atoms with Crippen LogP contribution in [0, 0.1) is 0 Å². The molecular weight excluding hydrogens is 404 g/mol. The highest BCUT2D eigenvalue weighted by Crippen LogP contribution is 2.36. The molecule has 3 heterocycles. The summed E-state index contributed by atoms with van der Waals surface area (Å²) < 4.78 is 6.25. The van der Waals surface area contributed by atoms with Gasteiger partial charge in [0.1, 0.15) is 17.9 Å². The van der Waals surface area contributed by atoms with Gasteiger partial charge in [-0.3, -0.25) is 9.78 Å². The van der Waals surface area contributed by atoms with E-state index in [1.807, 2.05) is 72.8 Å². The molecule has 0 radical (unpaired) electrons. The average molecular weight is 428 g/mol. The van der Waals surface area contributed by atoms with E-state index in [4.69, 9.17) is 4.74 Å². The molecule has 7 nitrogen and oxygen atoms in total. The third-order valence-electron chi connectivity index (χ3n) is 5.86. The van der Waals surface area contributed by atoms with Crippen LogP contribution in [0.15, 0.2) is 79.0 Å². The quantitative estimate of drug-likeness (QED) is 0.692. The minimum Gasteiger partial charge on any atom is -0.486 e. The van der Waals surface area contributed by atoms with E-state index in [2.05, 4.69) is 10.3 Å². The molecule has 2 aliphatic rings. The summed E-state index contributed by atoms with van der Waals surface area (Å²) in [5.74, 6) is 0.524. The molecule has 0 spiro atoms. The van der Waals surface area contributed by atoms with E-state index in [0.29, 0.717) is 37.5 Å². The topological polar surface area (TPSA) is 74.8 Å². The van der Waals surface area contributed by atoms with Crippen LogP contribution in [0.4, 0.5) is 10.5 Å². The predicted molar refractivity (Wildman–Crippen MR) is 120 cm³/mol. The van der Waals surface area contributed by atoms with Gasteiger partial charge in [-0.2, -0.15) is 0 Å². The fraction of sp³-hybridized carbons (Fsp3) is 0.240. The zero-order chi connectivity index (χ0) is 21.9. The second-order valence-electron chi connectivity index (χ2n) is 8.00. The molecule has 1 N–H and O–H groups in total. The summed E-state index contributed by atoms with van der Waals surface area (Å²) in [6.07, 6.45) is 1.94. The zero-order valence-corrected chi connectivity index (χ0v) is 17.6. The predicted octanol–water partition coefficient (Wildman–Crippen LogP) is 3.36. The van der Waals surface area contributed by atoms with Crippen molar-refractivity contribution in [2.24, 2.45) is 0 Å². The van der Waals surface area contributed by atoms with Crippen LogP contribution < -0.4 is 15.0 Å². The van der Waals surface area contributed by atoms with Gasteiger partial charge in [0.05, 0.1) is 24.5 Å². The molecule has 32 heavy (non-hydrogen) atoms. The Morgan fingerprint density at radius 1 is 1.03 bits per heavy atom. The summed E-state index contributed by atoms with van der Waals surface area (Å²) in [5, 5.41) is 2.95. The van der Waals surface area contributed by atoms with Crippen molar-refractivity contribution >= 4 is 17.6 Å². The number of rotatable bonds is 4. The summed E-state index contributed by atoms with van der Waals surface area (Å²) >= 11 is 0. The maximum Gasteiger partial charge on any atom is 0.318 e. The Morgan fingerprint density at radius 3 is 2.62 bits per heavy atom. The number of amides is 3. The number of hydrogen-bond donors (Lipinski definition) is 1. The molecule has 3 aromatic rings. The van der Waals surface area contributed by atoms with E-state index in [1.54, 1.807) is 16.0 Å². The van der Waals surface area contributed by atoms with Crippen LogP contribution in [0.1, 0.15) is 17.7 Å². The lowest BCUT2D eigenvalue weighted by Gasteiger charge is -2.31. The van der Waals surface area contributed by atoms with Crippen LogP contribution in [0.2, 0.25) is 0 Å². The number of urea groups is 1. The number of nitrogens with zero attached hydrogens (tertiary/aromatic N) is 3. The molecule has 1 fully saturated rings. The number of carbonyl (C=O) groups excluding carboxylic acids is 2. The van der Waals surface area contributed by atoms with Gasteiger partial charge in [-0.1, -0.05) is 48.5 Å². The van der Waals surface area contributed by atoms with Crippen molar-refractivity contribution in [2.75, 3.05) is 11.4 Å². The molecule has 3 amide bonds. The minimum absolute atomic E-state index is 0.122. The SMILES string of the molecule is O=C1C2CC(CN2C(=O)NCc2ccccc2)Oc2ccccc2N1Cc1ccccn1. The van der Waals surface area contributed by atoms with Crippen molar-refractivity contribution < 1.29 is 14.3 Å². The Hall–Kier alpha value is -3.87. The molecule has 2 unspecified atom stereocenters. The number of fused-ring (bicyclic) bond motifs is 3. The van der Waals surface area contributed by atoms with E-state index < -0.39 is 6.04 Å². The first-order chi connectivity index (χ1) is 15.7. The number of hydrogen-bond acceptors (Lipinski definition) is 4. The molecule has 0 aliphatic carbocycles. The number of nitrogens with one attached hydrogen (secondary N) is 1. The second kappa shape index (κ2) is 8.70. The maximum atomic E-state index is 13.7. The normalized spacial score (nSPS) is 19.6. The van der Waals surface area contributed by atoms with Gasteiger partial charge in [0.15, 0.2) is 0 Å². The average Bonchev–Trinajstić information content (AvgIpc) is 3.27. The standard InChI is InChI=1S/C25H24N4O3/c30-24-22-14-20(17-29(22)25(31)27-15-18-8-2-1-3-9-18)32-23-12-5-4-11-21(23)28(24)16-19-10-6-7-13-26-19/h1-13,20,22H,14-17H2,(H,27,31). The molecular formula is C25H24N4O3. The first kappa shape index (κ1) is 20.1. The van der Waals surface area contributed by atoms with E-state index in [9.17, 15) is 9.59 Å². The molecule has 1 aromatic heterocycles. The van der Waals surface area contributed by atoms with Crippen molar-refractivity contribution in [1.82, 2.24) is 15.2 Å². The summed E-state index contributed by atoms with van der Waals surface area (Å²) in [6.45, 7) is 1.07. The van der Waals surface area contributed by atoms with Crippen LogP contribution in [0.5, 0.6) is 5.75 Å². The zero-order valence-electron chi connectivity index (χ0n) is 17.6. The van der Waals surface area contributed by atoms with Gasteiger partial charge in [-0.15, -0.1) is 0 Å². The van der Waals surface area contributed by atoms with E-state index in [-0.39, 0.29) is 18.0 Å². The smallest absolute Gasteiger partial charge is 0.318 e. The summed E-state index contributed by atoms with van der Waals surface area (Å²) in [5.41, 5.74) is 2.47. The Labute approximate surface area is 186 Å². The highest BCUT2D eigenvalue weighted by Gasteiger charge is 2.45. The van der Waals surface area contributed by atoms with Gasteiger partial charge in [0.2, 0.25) is 5.91 Å². The van der Waals surface area contributed by atoms with E-state index in [1.165, 1.54) is 0 Å². The second-order valence-corrected chi connectivity index (χ2v) is 8.00. The summed E-state index contributed by atoms with van der Waals surface area (Å²) in [6, 6.07) is 22.0. The van der Waals surface area contributed by atoms with Crippen LogP contribution >= 0.6 is 0 Å². The van der Waals surface area contributed by atoms with Crippen molar-refractivity contribution in [1.29, 1.82) is 0 Å². The lowest BCUT2D eigenvalue weighted by atomic mass is 10.1. The number of para-hydroxylation sites is 2. The summed E-state index contributed by atoms with van der Waals surface area (Å²) in [7, 11) is 0. The molecule has 2 bridgehead atoms. The Morgan fingerprint density at radius 2 is 1.81 bits per heavy atom. The van der Waals surface area contributed by atoms with Crippen molar-refractivity contribution in [3.8, 4) is 5.75 Å². The van der Waals surface area contributed by atoms with Crippen molar-refractivity contribution in [2.45, 2.75) is 31.7 Å². The molecule has 162 valence electrons. The van der Waals surface area contributed by atoms with Crippen LogP contribution in [-0.4, -0.2) is 40.5 Å². The number of benzene rings is 2. The van der Waals surface area contributed by atoms with Crippen LogP contribution in [0.3, 0.4) is 0 Å². The first-order valence-corrected chi connectivity index (χ1v) is 10.7. The van der Waals surface area contributed by atoms with E-state index >= 15 is 0 Å². The van der Waals surface area contributed by atoms with Gasteiger partial charge < -0.3 is 19.9 Å². The van der Waals surface area contributed by atoms with Crippen molar-refractivity contribution in [3.63, 3.8) is 0 Å². The highest BCUT2D eigenvalue weighted by molar-refractivity contribution is 6.00. The van der Waals surface area contributed by atoms with Crippen molar-refractivity contribution in [3.05, 3.63) is 90.3 Å². The highest BCUT2D eigenvalue weighted by atomic mass is 16.5. The Balaban J connectivity index is 1.41. The lowest BCUT2D eigenvalue weighted by molar-refractivity contribution is -0.122. The van der Waals surface area contributed by atoms with Gasteiger partial charge in [0.25, 0.3) is 0 Å². The molecule has 2 atom stereocenters. The minimum atomic E-state index is -0.590. The van der Waals surface area contributed by atoms with Gasteiger partial charge in [-0.25, -0.2) is 4.79 Å². The fourth-order valence-corrected chi connectivity index (χ4v) is 4.29. The number of carbonyl (C=O) groups is 2. The molecule has 2 aromatic carbocycles. The molecule has 7 heteroatoms. The third kappa shape index (κ3) is 4.01. The maximum absolute atomic E-state index is 13.7. The largest absolute Gasteiger partial charge is 0.486 e. The summed E-state index contributed by atoms with van der Waals surface area (Å²) in [4.78, 5) is 34.4. The number of anilines is 1. The third-order valence-corrected chi connectivity index (χ3v) is 5.86. The first-order valence-electron chi connectivity index (χ1n) is 10.7. The Kier molecular flexibility index (Phi) is 5.46. The number of pyridine rings is 1. The van der Waals surface area contributed by atoms with Crippen LogP contribution in [-0.2, 0) is 17.9 Å². The van der Waals surface area contributed by atoms with Crippen LogP contribution in [0.25, 0.3) is 0 Å². The van der Waals surface area contributed by atoms with Gasteiger partial charge in [-0.05, 0) is 29.8 Å². The van der Waals surface area contributed by atoms with Gasteiger partial charge in [0, 0.05) is 19.2 Å². The number of ether oxygens (including phenoxy) is 1. The molecule has 5 rings (SSSR count). The molecule has 0 saturated carbocycles. The van der Waals surface area contributed by atoms with Gasteiger partial charge >= 0.3 is 6.03 Å². The Bertz CT molecular complexity index is 1100. The molecule has 1 saturated heterocycles. The van der Waals surface area contributed by atoms with E-state index in [0.717, 1.165) is 11.3 Å². The monoisotopic (exact) mass is 428 g/mol. The lowest BCUT2D eigenvalue weighted by Crippen LogP contribution is -2.50. The fourth-order valence-electron chi connectivity index (χ4n) is 4.29. The number of aromatic nitrogens is 1.